The van der Waals surface area contributed by atoms with Gasteiger partial charge in [0.25, 0.3) is 5.91 Å². The van der Waals surface area contributed by atoms with E-state index in [1.165, 1.54) is 0 Å². The van der Waals surface area contributed by atoms with Crippen LogP contribution in [0.25, 0.3) is 0 Å². The number of H-pyrrole nitrogens is 1. The van der Waals surface area contributed by atoms with E-state index in [1.807, 2.05) is 20.8 Å². The van der Waals surface area contributed by atoms with Gasteiger partial charge in [0, 0.05) is 19.1 Å². The average Bonchev–Trinajstić information content (AvgIpc) is 2.66. The van der Waals surface area contributed by atoms with Crippen molar-refractivity contribution in [3.63, 3.8) is 0 Å². The Kier molecular flexibility index (Phi) is 4.00. The highest BCUT2D eigenvalue weighted by Crippen LogP contribution is 2.17. The second kappa shape index (κ2) is 5.07. The summed E-state index contributed by atoms with van der Waals surface area (Å²) in [5.41, 5.74) is -0.141. The summed E-state index contributed by atoms with van der Waals surface area (Å²) in [4.78, 5) is 15.7. The first kappa shape index (κ1) is 12.6. The lowest BCUT2D eigenvalue weighted by Gasteiger charge is -2.12. The van der Waals surface area contributed by atoms with Crippen LogP contribution < -0.4 is 5.32 Å². The highest BCUT2D eigenvalue weighted by atomic mass is 16.5. The highest BCUT2D eigenvalue weighted by molar-refractivity contribution is 5.90. The summed E-state index contributed by atoms with van der Waals surface area (Å²) in [5.74, 6) is 0.578. The molecule has 1 amide bonds. The van der Waals surface area contributed by atoms with Gasteiger partial charge in [-0.05, 0) is 0 Å². The fraction of sp³-hybridized carbons (Fsp3) is 0.700. The third-order valence-electron chi connectivity index (χ3n) is 1.99. The number of hydrogen-bond donors (Lipinski definition) is 2. The molecule has 90 valence electrons. The quantitative estimate of drug-likeness (QED) is 0.732. The molecule has 0 aliphatic rings. The zero-order chi connectivity index (χ0) is 12.2. The molecule has 0 saturated heterocycles. The first-order valence-electron chi connectivity index (χ1n) is 5.15. The van der Waals surface area contributed by atoms with Crippen molar-refractivity contribution in [3.8, 4) is 0 Å². The summed E-state index contributed by atoms with van der Waals surface area (Å²) in [6.45, 7) is 6.93. The van der Waals surface area contributed by atoms with Crippen LogP contribution in [0.5, 0.6) is 0 Å². The molecule has 0 atom stereocenters. The van der Waals surface area contributed by atoms with E-state index in [-0.39, 0.29) is 17.1 Å². The Bertz CT molecular complexity index is 354. The smallest absolute Gasteiger partial charge is 0.291 e. The van der Waals surface area contributed by atoms with E-state index in [0.717, 1.165) is 0 Å². The van der Waals surface area contributed by atoms with E-state index < -0.39 is 0 Å². The molecule has 1 heterocycles. The number of amides is 1. The van der Waals surface area contributed by atoms with Crippen LogP contribution >= 0.6 is 0 Å². The maximum absolute atomic E-state index is 11.5. The minimum Gasteiger partial charge on any atom is -0.383 e. The lowest BCUT2D eigenvalue weighted by molar-refractivity contribution is 0.0927. The molecule has 2 N–H and O–H groups in total. The number of aromatic nitrogens is 3. The van der Waals surface area contributed by atoms with Gasteiger partial charge in [-0.1, -0.05) is 20.8 Å². The zero-order valence-corrected chi connectivity index (χ0v) is 10.1. The molecular formula is C10H18N4O2. The molecule has 6 nitrogen and oxygen atoms in total. The third kappa shape index (κ3) is 3.30. The standard InChI is InChI=1S/C10H18N4O2/c1-10(2,3)9-12-7(13-14-9)8(15)11-5-6-16-4/h5-6H2,1-4H3,(H,11,15)(H,12,13,14). The topological polar surface area (TPSA) is 79.9 Å². The van der Waals surface area contributed by atoms with E-state index in [0.29, 0.717) is 19.0 Å². The number of carbonyl (C=O) groups excluding carboxylic acids is 1. The fourth-order valence-corrected chi connectivity index (χ4v) is 1.04. The van der Waals surface area contributed by atoms with Crippen LogP contribution in [0.2, 0.25) is 0 Å². The van der Waals surface area contributed by atoms with Crippen molar-refractivity contribution in [1.82, 2.24) is 20.5 Å². The molecule has 1 aromatic heterocycles. The molecule has 0 fully saturated rings. The number of ether oxygens (including phenoxy) is 1. The van der Waals surface area contributed by atoms with Gasteiger partial charge in [-0.3, -0.25) is 9.89 Å². The molecule has 0 unspecified atom stereocenters. The second-order valence-corrected chi connectivity index (χ2v) is 4.51. The van der Waals surface area contributed by atoms with Crippen LogP contribution in [0.4, 0.5) is 0 Å². The molecule has 1 aromatic rings. The molecule has 0 aliphatic carbocycles. The number of nitrogens with zero attached hydrogens (tertiary/aromatic N) is 2. The summed E-state index contributed by atoms with van der Waals surface area (Å²) in [6, 6.07) is 0. The second-order valence-electron chi connectivity index (χ2n) is 4.51. The molecule has 0 bridgehead atoms. The van der Waals surface area contributed by atoms with Crippen molar-refractivity contribution in [2.45, 2.75) is 26.2 Å². The van der Waals surface area contributed by atoms with Gasteiger partial charge in [0.2, 0.25) is 5.82 Å². The van der Waals surface area contributed by atoms with Crippen molar-refractivity contribution in [3.05, 3.63) is 11.6 Å². The Hall–Kier alpha value is -1.43. The maximum Gasteiger partial charge on any atom is 0.291 e. The van der Waals surface area contributed by atoms with E-state index in [9.17, 15) is 4.79 Å². The third-order valence-corrected chi connectivity index (χ3v) is 1.99. The van der Waals surface area contributed by atoms with Gasteiger partial charge < -0.3 is 10.1 Å². The molecule has 0 radical (unpaired) electrons. The maximum atomic E-state index is 11.5. The van der Waals surface area contributed by atoms with E-state index >= 15 is 0 Å². The van der Waals surface area contributed by atoms with Crippen molar-refractivity contribution >= 4 is 5.91 Å². The number of hydrogen-bond acceptors (Lipinski definition) is 4. The summed E-state index contributed by atoms with van der Waals surface area (Å²) < 4.78 is 4.82. The number of aromatic amines is 1. The van der Waals surface area contributed by atoms with Crippen molar-refractivity contribution in [1.29, 1.82) is 0 Å². The van der Waals surface area contributed by atoms with Gasteiger partial charge in [0.1, 0.15) is 5.82 Å². The Morgan fingerprint density at radius 2 is 2.19 bits per heavy atom. The molecule has 0 aliphatic heterocycles. The SMILES string of the molecule is COCCNC(=O)c1n[nH]c(C(C)(C)C)n1. The fourth-order valence-electron chi connectivity index (χ4n) is 1.04. The highest BCUT2D eigenvalue weighted by Gasteiger charge is 2.20. The molecule has 0 aromatic carbocycles. The largest absolute Gasteiger partial charge is 0.383 e. The number of methoxy groups -OCH3 is 1. The van der Waals surface area contributed by atoms with Crippen LogP contribution in [0.3, 0.4) is 0 Å². The number of nitrogens with one attached hydrogen (secondary N) is 2. The number of rotatable bonds is 4. The van der Waals surface area contributed by atoms with Crippen molar-refractivity contribution < 1.29 is 9.53 Å². The van der Waals surface area contributed by atoms with Gasteiger partial charge in [-0.25, -0.2) is 4.98 Å². The lowest BCUT2D eigenvalue weighted by Crippen LogP contribution is -2.28. The summed E-state index contributed by atoms with van der Waals surface area (Å²) in [6.07, 6.45) is 0. The predicted molar refractivity (Wildman–Crippen MR) is 59.3 cm³/mol. The van der Waals surface area contributed by atoms with Gasteiger partial charge in [0.15, 0.2) is 0 Å². The van der Waals surface area contributed by atoms with Crippen LogP contribution in [0.1, 0.15) is 37.2 Å². The Morgan fingerprint density at radius 1 is 1.50 bits per heavy atom. The Balaban J connectivity index is 2.60. The van der Waals surface area contributed by atoms with Crippen LogP contribution in [-0.2, 0) is 10.2 Å². The van der Waals surface area contributed by atoms with Gasteiger partial charge >= 0.3 is 0 Å². The zero-order valence-electron chi connectivity index (χ0n) is 10.1. The molecule has 0 spiro atoms. The van der Waals surface area contributed by atoms with Crippen molar-refractivity contribution in [2.24, 2.45) is 0 Å². The Labute approximate surface area is 94.8 Å². The van der Waals surface area contributed by atoms with E-state index in [1.54, 1.807) is 7.11 Å². The summed E-state index contributed by atoms with van der Waals surface area (Å²) >= 11 is 0. The molecular weight excluding hydrogens is 208 g/mol. The van der Waals surface area contributed by atoms with Crippen LogP contribution in [0, 0.1) is 0 Å². The van der Waals surface area contributed by atoms with E-state index in [2.05, 4.69) is 20.5 Å². The molecule has 1 rings (SSSR count). The minimum absolute atomic E-state index is 0.141. The van der Waals surface area contributed by atoms with Gasteiger partial charge in [-0.2, -0.15) is 0 Å². The van der Waals surface area contributed by atoms with Gasteiger partial charge in [0.05, 0.1) is 6.61 Å². The van der Waals surface area contributed by atoms with Crippen LogP contribution in [-0.4, -0.2) is 41.3 Å². The molecule has 16 heavy (non-hydrogen) atoms. The van der Waals surface area contributed by atoms with Gasteiger partial charge in [-0.15, -0.1) is 5.10 Å². The lowest BCUT2D eigenvalue weighted by atomic mass is 9.96. The minimum atomic E-state index is -0.288. The first-order valence-corrected chi connectivity index (χ1v) is 5.15. The number of carbonyl (C=O) groups is 1. The summed E-state index contributed by atoms with van der Waals surface area (Å²) in [7, 11) is 1.58. The van der Waals surface area contributed by atoms with E-state index in [4.69, 9.17) is 4.74 Å². The monoisotopic (exact) mass is 226 g/mol. The normalized spacial score (nSPS) is 11.5. The summed E-state index contributed by atoms with van der Waals surface area (Å²) in [5, 5.41) is 9.29. The first-order chi connectivity index (χ1) is 7.45. The average molecular weight is 226 g/mol. The molecule has 6 heteroatoms. The van der Waals surface area contributed by atoms with Crippen LogP contribution in [0.15, 0.2) is 0 Å². The predicted octanol–water partition coefficient (Wildman–Crippen LogP) is 0.478. The van der Waals surface area contributed by atoms with Crippen molar-refractivity contribution in [2.75, 3.05) is 20.3 Å². The molecule has 0 saturated carbocycles. The Morgan fingerprint density at radius 3 is 2.69 bits per heavy atom.